The van der Waals surface area contributed by atoms with Crippen LogP contribution in [0.2, 0.25) is 0 Å². The lowest BCUT2D eigenvalue weighted by molar-refractivity contribution is -0.0499. The second kappa shape index (κ2) is 9.73. The predicted molar refractivity (Wildman–Crippen MR) is 113 cm³/mol. The van der Waals surface area contributed by atoms with Crippen molar-refractivity contribution in [1.82, 2.24) is 5.32 Å². The van der Waals surface area contributed by atoms with Crippen LogP contribution in [0.15, 0.2) is 77.7 Å². The highest BCUT2D eigenvalue weighted by Gasteiger charge is 2.19. The standard InChI is InChI=1S/C22H19F3N2O4S/c1-14(15-6-4-8-17(12-15)31-22(24)25)26-21(28)16-7-5-9-18(13-16)32(29,30)27-20-11-3-2-10-19(20)23/h2-14,22,27H,1H3,(H,26,28). The van der Waals surface area contributed by atoms with Crippen LogP contribution in [0.5, 0.6) is 5.75 Å². The third-order valence-corrected chi connectivity index (χ3v) is 5.82. The van der Waals surface area contributed by atoms with Gasteiger partial charge in [0.2, 0.25) is 0 Å². The highest BCUT2D eigenvalue weighted by atomic mass is 32.2. The molecule has 0 heterocycles. The summed E-state index contributed by atoms with van der Waals surface area (Å²) < 4.78 is 70.4. The van der Waals surface area contributed by atoms with Crippen LogP contribution in [0.3, 0.4) is 0 Å². The van der Waals surface area contributed by atoms with Crippen molar-refractivity contribution < 1.29 is 31.1 Å². The lowest BCUT2D eigenvalue weighted by Gasteiger charge is -2.16. The summed E-state index contributed by atoms with van der Waals surface area (Å²) in [6.07, 6.45) is 0. The number of carbonyl (C=O) groups excluding carboxylic acids is 1. The molecular weight excluding hydrogens is 445 g/mol. The first-order valence-electron chi connectivity index (χ1n) is 9.39. The molecule has 1 atom stereocenters. The summed E-state index contributed by atoms with van der Waals surface area (Å²) in [5.74, 6) is -1.37. The molecule has 0 aliphatic carbocycles. The molecule has 0 bridgehead atoms. The van der Waals surface area contributed by atoms with E-state index < -0.39 is 34.4 Å². The van der Waals surface area contributed by atoms with E-state index in [0.717, 1.165) is 12.1 Å². The first-order chi connectivity index (χ1) is 15.2. The Balaban J connectivity index is 1.76. The van der Waals surface area contributed by atoms with E-state index in [2.05, 4.69) is 14.8 Å². The van der Waals surface area contributed by atoms with Crippen molar-refractivity contribution in [2.24, 2.45) is 0 Å². The molecule has 0 radical (unpaired) electrons. The van der Waals surface area contributed by atoms with Crippen LogP contribution in [-0.4, -0.2) is 20.9 Å². The number of hydrogen-bond acceptors (Lipinski definition) is 4. The Labute approximate surface area is 183 Å². The van der Waals surface area contributed by atoms with Gasteiger partial charge in [-0.3, -0.25) is 9.52 Å². The van der Waals surface area contributed by atoms with E-state index in [1.807, 2.05) is 0 Å². The number of rotatable bonds is 8. The lowest BCUT2D eigenvalue weighted by Crippen LogP contribution is -2.27. The molecule has 3 aromatic carbocycles. The van der Waals surface area contributed by atoms with Crippen molar-refractivity contribution in [1.29, 1.82) is 0 Å². The summed E-state index contributed by atoms with van der Waals surface area (Å²) in [5.41, 5.74) is 0.344. The number of alkyl halides is 2. The quantitative estimate of drug-likeness (QED) is 0.505. The SMILES string of the molecule is CC(NC(=O)c1cccc(S(=O)(=O)Nc2ccccc2F)c1)c1cccc(OC(F)F)c1. The Bertz CT molecular complexity index is 1220. The summed E-state index contributed by atoms with van der Waals surface area (Å²) in [6, 6.07) is 15.8. The zero-order valence-corrected chi connectivity index (χ0v) is 17.6. The maximum Gasteiger partial charge on any atom is 0.387 e. The predicted octanol–water partition coefficient (Wildman–Crippen LogP) is 4.72. The van der Waals surface area contributed by atoms with E-state index in [-0.39, 0.29) is 21.9 Å². The van der Waals surface area contributed by atoms with Crippen molar-refractivity contribution in [3.05, 3.63) is 89.7 Å². The van der Waals surface area contributed by atoms with Gasteiger partial charge in [-0.05, 0) is 55.0 Å². The Hall–Kier alpha value is -3.53. The van der Waals surface area contributed by atoms with Crippen molar-refractivity contribution in [3.8, 4) is 5.75 Å². The van der Waals surface area contributed by atoms with Gasteiger partial charge < -0.3 is 10.1 Å². The highest BCUT2D eigenvalue weighted by Crippen LogP contribution is 2.22. The molecule has 0 aliphatic heterocycles. The first kappa shape index (κ1) is 23.1. The van der Waals surface area contributed by atoms with E-state index >= 15 is 0 Å². The van der Waals surface area contributed by atoms with Gasteiger partial charge in [0.25, 0.3) is 15.9 Å². The number of para-hydroxylation sites is 1. The van der Waals surface area contributed by atoms with Crippen LogP contribution < -0.4 is 14.8 Å². The molecule has 168 valence electrons. The number of sulfonamides is 1. The third-order valence-electron chi connectivity index (χ3n) is 4.46. The van der Waals surface area contributed by atoms with E-state index in [1.54, 1.807) is 13.0 Å². The zero-order valence-electron chi connectivity index (χ0n) is 16.8. The minimum atomic E-state index is -4.15. The molecule has 6 nitrogen and oxygen atoms in total. The number of ether oxygens (including phenoxy) is 1. The molecule has 32 heavy (non-hydrogen) atoms. The molecule has 0 fully saturated rings. The monoisotopic (exact) mass is 464 g/mol. The van der Waals surface area contributed by atoms with Gasteiger partial charge in [0.15, 0.2) is 0 Å². The average Bonchev–Trinajstić information content (AvgIpc) is 2.75. The van der Waals surface area contributed by atoms with Crippen LogP contribution in [0.25, 0.3) is 0 Å². The smallest absolute Gasteiger partial charge is 0.387 e. The van der Waals surface area contributed by atoms with Crippen molar-refractivity contribution in [2.45, 2.75) is 24.5 Å². The molecule has 3 rings (SSSR count). The van der Waals surface area contributed by atoms with Gasteiger partial charge in [-0.2, -0.15) is 8.78 Å². The van der Waals surface area contributed by atoms with Gasteiger partial charge in [0, 0.05) is 5.56 Å². The second-order valence-electron chi connectivity index (χ2n) is 6.76. The summed E-state index contributed by atoms with van der Waals surface area (Å²) in [7, 11) is -4.15. The maximum absolute atomic E-state index is 13.8. The number of benzene rings is 3. The zero-order chi connectivity index (χ0) is 23.3. The normalized spacial score (nSPS) is 12.3. The highest BCUT2D eigenvalue weighted by molar-refractivity contribution is 7.92. The Morgan fingerprint density at radius 3 is 2.41 bits per heavy atom. The van der Waals surface area contributed by atoms with Crippen LogP contribution >= 0.6 is 0 Å². The molecule has 0 aromatic heterocycles. The average molecular weight is 464 g/mol. The number of amides is 1. The van der Waals surface area contributed by atoms with Gasteiger partial charge in [0.1, 0.15) is 11.6 Å². The van der Waals surface area contributed by atoms with Crippen LogP contribution in [0.4, 0.5) is 18.9 Å². The first-order valence-corrected chi connectivity index (χ1v) is 10.9. The Kier molecular flexibility index (Phi) is 7.04. The molecule has 10 heteroatoms. The summed E-state index contributed by atoms with van der Waals surface area (Å²) in [6.45, 7) is -1.34. The molecular formula is C22H19F3N2O4S. The molecule has 0 saturated heterocycles. The Morgan fingerprint density at radius 1 is 0.969 bits per heavy atom. The molecule has 1 amide bonds. The second-order valence-corrected chi connectivity index (χ2v) is 8.44. The lowest BCUT2D eigenvalue weighted by atomic mass is 10.1. The molecule has 3 aromatic rings. The van der Waals surface area contributed by atoms with Crippen molar-refractivity contribution in [2.75, 3.05) is 4.72 Å². The van der Waals surface area contributed by atoms with Crippen molar-refractivity contribution >= 4 is 21.6 Å². The topological polar surface area (TPSA) is 84.5 Å². The molecule has 2 N–H and O–H groups in total. The third kappa shape index (κ3) is 5.79. The van der Waals surface area contributed by atoms with Crippen LogP contribution in [0.1, 0.15) is 28.9 Å². The molecule has 0 aliphatic rings. The molecule has 0 spiro atoms. The Morgan fingerprint density at radius 2 is 1.69 bits per heavy atom. The maximum atomic E-state index is 13.8. The number of halogens is 3. The summed E-state index contributed by atoms with van der Waals surface area (Å²) in [4.78, 5) is 12.4. The molecule has 1 unspecified atom stereocenters. The van der Waals surface area contributed by atoms with Crippen LogP contribution in [-0.2, 0) is 10.0 Å². The molecule has 0 saturated carbocycles. The fraction of sp³-hybridized carbons (Fsp3) is 0.136. The van der Waals surface area contributed by atoms with Gasteiger partial charge in [-0.25, -0.2) is 12.8 Å². The minimum absolute atomic E-state index is 0.0493. The fourth-order valence-electron chi connectivity index (χ4n) is 2.88. The van der Waals surface area contributed by atoms with E-state index in [1.165, 1.54) is 54.6 Å². The number of carbonyl (C=O) groups is 1. The fourth-order valence-corrected chi connectivity index (χ4v) is 3.99. The number of anilines is 1. The van der Waals surface area contributed by atoms with E-state index in [9.17, 15) is 26.4 Å². The van der Waals surface area contributed by atoms with Gasteiger partial charge >= 0.3 is 6.61 Å². The summed E-state index contributed by atoms with van der Waals surface area (Å²) >= 11 is 0. The largest absolute Gasteiger partial charge is 0.435 e. The number of nitrogens with one attached hydrogen (secondary N) is 2. The number of hydrogen-bond donors (Lipinski definition) is 2. The van der Waals surface area contributed by atoms with Gasteiger partial charge in [-0.15, -0.1) is 0 Å². The van der Waals surface area contributed by atoms with Gasteiger partial charge in [0.05, 0.1) is 16.6 Å². The minimum Gasteiger partial charge on any atom is -0.435 e. The van der Waals surface area contributed by atoms with E-state index in [4.69, 9.17) is 0 Å². The van der Waals surface area contributed by atoms with Gasteiger partial charge in [-0.1, -0.05) is 30.3 Å². The van der Waals surface area contributed by atoms with E-state index in [0.29, 0.717) is 5.56 Å². The summed E-state index contributed by atoms with van der Waals surface area (Å²) in [5, 5.41) is 2.67. The van der Waals surface area contributed by atoms with Crippen LogP contribution in [0, 0.1) is 5.82 Å². The van der Waals surface area contributed by atoms with Crippen molar-refractivity contribution in [3.63, 3.8) is 0 Å².